The summed E-state index contributed by atoms with van der Waals surface area (Å²) in [5, 5.41) is 16.6. The van der Waals surface area contributed by atoms with Crippen LogP contribution in [0, 0.1) is 15.5 Å². The molecule has 1 aromatic rings. The van der Waals surface area contributed by atoms with Crippen LogP contribution in [0.25, 0.3) is 0 Å². The van der Waals surface area contributed by atoms with Gasteiger partial charge in [-0.25, -0.2) is 0 Å². The minimum absolute atomic E-state index is 0.0830. The van der Waals surface area contributed by atoms with E-state index in [9.17, 15) is 14.9 Å². The Morgan fingerprint density at radius 2 is 2.22 bits per heavy atom. The van der Waals surface area contributed by atoms with Crippen molar-refractivity contribution in [1.29, 1.82) is 0 Å². The van der Waals surface area contributed by atoms with E-state index in [1.165, 1.54) is 6.07 Å². The van der Waals surface area contributed by atoms with Crippen LogP contribution in [-0.2, 0) is 4.79 Å². The number of para-hydroxylation sites is 2. The van der Waals surface area contributed by atoms with Crippen molar-refractivity contribution in [1.82, 2.24) is 5.32 Å². The number of nitrogens with zero attached hydrogens (tertiary/aromatic N) is 1. The summed E-state index contributed by atoms with van der Waals surface area (Å²) in [6, 6.07) is 6.16. The summed E-state index contributed by atoms with van der Waals surface area (Å²) in [6.45, 7) is 3.25. The van der Waals surface area contributed by atoms with E-state index >= 15 is 0 Å². The predicted octanol–water partition coefficient (Wildman–Crippen LogP) is 1.53. The number of nitro benzene ring substituents is 1. The quantitative estimate of drug-likeness (QED) is 0.628. The van der Waals surface area contributed by atoms with Gasteiger partial charge in [0, 0.05) is 12.6 Å². The van der Waals surface area contributed by atoms with Crippen LogP contribution in [0.1, 0.15) is 13.3 Å². The molecule has 1 aliphatic rings. The zero-order valence-corrected chi connectivity index (χ0v) is 10.1. The highest BCUT2D eigenvalue weighted by Crippen LogP contribution is 2.29. The van der Waals surface area contributed by atoms with Crippen LogP contribution in [0.4, 0.5) is 11.4 Å². The molecule has 1 saturated heterocycles. The Morgan fingerprint density at radius 3 is 2.83 bits per heavy atom. The number of hydrogen-bond acceptors (Lipinski definition) is 4. The Balaban J connectivity index is 2.19. The Morgan fingerprint density at radius 1 is 1.50 bits per heavy atom. The number of nitrogens with one attached hydrogen (secondary N) is 2. The fraction of sp³-hybridized carbons (Fsp3) is 0.417. The average Bonchev–Trinajstić information content (AvgIpc) is 2.78. The normalized spacial score (nSPS) is 22.7. The number of carbonyl (C=O) groups is 1. The van der Waals surface area contributed by atoms with E-state index in [0.29, 0.717) is 6.54 Å². The van der Waals surface area contributed by atoms with Gasteiger partial charge in [-0.2, -0.15) is 0 Å². The largest absolute Gasteiger partial charge is 0.320 e. The summed E-state index contributed by atoms with van der Waals surface area (Å²) in [4.78, 5) is 22.5. The maximum Gasteiger partial charge on any atom is 0.292 e. The second-order valence-electron chi connectivity index (χ2n) is 4.72. The lowest BCUT2D eigenvalue weighted by molar-refractivity contribution is -0.383. The molecule has 1 heterocycles. The molecule has 2 rings (SSSR count). The Labute approximate surface area is 105 Å². The summed E-state index contributed by atoms with van der Waals surface area (Å²) in [6.07, 6.45) is 0.736. The number of rotatable bonds is 3. The third-order valence-electron chi connectivity index (χ3n) is 3.27. The van der Waals surface area contributed by atoms with Gasteiger partial charge < -0.3 is 10.6 Å². The number of anilines is 1. The molecule has 0 spiro atoms. The van der Waals surface area contributed by atoms with Crippen LogP contribution in [-0.4, -0.2) is 23.9 Å². The fourth-order valence-corrected chi connectivity index (χ4v) is 2.02. The smallest absolute Gasteiger partial charge is 0.292 e. The van der Waals surface area contributed by atoms with E-state index in [0.717, 1.165) is 13.0 Å². The van der Waals surface area contributed by atoms with Gasteiger partial charge >= 0.3 is 0 Å². The summed E-state index contributed by atoms with van der Waals surface area (Å²) >= 11 is 0. The molecule has 0 aliphatic carbocycles. The van der Waals surface area contributed by atoms with Gasteiger partial charge in [-0.1, -0.05) is 12.1 Å². The lowest BCUT2D eigenvalue weighted by atomic mass is 9.88. The first-order valence-corrected chi connectivity index (χ1v) is 5.78. The third kappa shape index (κ3) is 2.33. The maximum absolute atomic E-state index is 12.1. The van der Waals surface area contributed by atoms with E-state index in [2.05, 4.69) is 10.6 Å². The van der Waals surface area contributed by atoms with Gasteiger partial charge in [0.25, 0.3) is 5.69 Å². The number of hydrogen-bond donors (Lipinski definition) is 2. The van der Waals surface area contributed by atoms with E-state index in [1.54, 1.807) is 18.2 Å². The summed E-state index contributed by atoms with van der Waals surface area (Å²) in [5.41, 5.74) is -0.329. The SMILES string of the molecule is CC1(C(=O)Nc2ccccc2[N+](=O)[O-])CCNC1. The van der Waals surface area contributed by atoms with Crippen LogP contribution >= 0.6 is 0 Å². The summed E-state index contributed by atoms with van der Waals surface area (Å²) in [7, 11) is 0. The maximum atomic E-state index is 12.1. The van der Waals surface area contributed by atoms with Crippen LogP contribution in [0.5, 0.6) is 0 Å². The minimum atomic E-state index is -0.496. The summed E-state index contributed by atoms with van der Waals surface area (Å²) in [5.74, 6) is -0.179. The number of benzene rings is 1. The lowest BCUT2D eigenvalue weighted by Crippen LogP contribution is -2.35. The molecule has 2 N–H and O–H groups in total. The number of nitro groups is 1. The monoisotopic (exact) mass is 249 g/mol. The molecule has 1 aliphatic heterocycles. The zero-order chi connectivity index (χ0) is 13.2. The molecule has 6 nitrogen and oxygen atoms in total. The first kappa shape index (κ1) is 12.5. The van der Waals surface area contributed by atoms with Crippen molar-refractivity contribution in [3.63, 3.8) is 0 Å². The molecule has 0 bridgehead atoms. The molecular formula is C12H15N3O3. The molecule has 1 amide bonds. The van der Waals surface area contributed by atoms with Crippen molar-refractivity contribution in [2.75, 3.05) is 18.4 Å². The van der Waals surface area contributed by atoms with Crippen LogP contribution in [0.2, 0.25) is 0 Å². The van der Waals surface area contributed by atoms with Crippen molar-refractivity contribution in [3.8, 4) is 0 Å². The molecule has 1 atom stereocenters. The first-order valence-electron chi connectivity index (χ1n) is 5.78. The Bertz CT molecular complexity index is 481. The molecule has 0 aromatic heterocycles. The second kappa shape index (κ2) is 4.73. The van der Waals surface area contributed by atoms with Crippen molar-refractivity contribution >= 4 is 17.3 Å². The van der Waals surface area contributed by atoms with Gasteiger partial charge in [0.2, 0.25) is 5.91 Å². The van der Waals surface area contributed by atoms with Gasteiger partial charge in [-0.15, -0.1) is 0 Å². The number of amides is 1. The van der Waals surface area contributed by atoms with Gasteiger partial charge in [0.1, 0.15) is 5.69 Å². The van der Waals surface area contributed by atoms with Crippen molar-refractivity contribution < 1.29 is 9.72 Å². The Hall–Kier alpha value is -1.95. The lowest BCUT2D eigenvalue weighted by Gasteiger charge is -2.21. The van der Waals surface area contributed by atoms with Gasteiger partial charge in [0.15, 0.2) is 0 Å². The van der Waals surface area contributed by atoms with Crippen LogP contribution in [0.15, 0.2) is 24.3 Å². The van der Waals surface area contributed by atoms with E-state index in [-0.39, 0.29) is 17.3 Å². The highest BCUT2D eigenvalue weighted by Gasteiger charge is 2.36. The molecule has 1 aromatic carbocycles. The van der Waals surface area contributed by atoms with E-state index in [4.69, 9.17) is 0 Å². The van der Waals surface area contributed by atoms with Crippen LogP contribution in [0.3, 0.4) is 0 Å². The molecule has 0 radical (unpaired) electrons. The first-order chi connectivity index (χ1) is 8.53. The van der Waals surface area contributed by atoms with Gasteiger partial charge in [-0.05, 0) is 26.0 Å². The topological polar surface area (TPSA) is 84.3 Å². The average molecular weight is 249 g/mol. The number of carbonyl (C=O) groups excluding carboxylic acids is 1. The Kier molecular flexibility index (Phi) is 3.29. The van der Waals surface area contributed by atoms with E-state index < -0.39 is 10.3 Å². The van der Waals surface area contributed by atoms with Gasteiger partial charge in [-0.3, -0.25) is 14.9 Å². The molecule has 1 fully saturated rings. The molecule has 96 valence electrons. The van der Waals surface area contributed by atoms with Crippen molar-refractivity contribution in [3.05, 3.63) is 34.4 Å². The highest BCUT2D eigenvalue weighted by molar-refractivity contribution is 5.97. The molecular weight excluding hydrogens is 234 g/mol. The fourth-order valence-electron chi connectivity index (χ4n) is 2.02. The standard InChI is InChI=1S/C12H15N3O3/c1-12(6-7-13-8-12)11(16)14-9-4-2-3-5-10(9)15(17)18/h2-5,13H,6-8H2,1H3,(H,14,16). The van der Waals surface area contributed by atoms with Crippen molar-refractivity contribution in [2.24, 2.45) is 5.41 Å². The molecule has 6 heteroatoms. The molecule has 1 unspecified atom stereocenters. The van der Waals surface area contributed by atoms with Gasteiger partial charge in [0.05, 0.1) is 10.3 Å². The molecule has 18 heavy (non-hydrogen) atoms. The van der Waals surface area contributed by atoms with Crippen LogP contribution < -0.4 is 10.6 Å². The van der Waals surface area contributed by atoms with E-state index in [1.807, 2.05) is 6.92 Å². The molecule has 0 saturated carbocycles. The van der Waals surface area contributed by atoms with Crippen molar-refractivity contribution in [2.45, 2.75) is 13.3 Å². The minimum Gasteiger partial charge on any atom is -0.320 e. The summed E-state index contributed by atoms with van der Waals surface area (Å²) < 4.78 is 0. The zero-order valence-electron chi connectivity index (χ0n) is 10.1. The predicted molar refractivity (Wildman–Crippen MR) is 67.3 cm³/mol. The third-order valence-corrected chi connectivity index (χ3v) is 3.27. The highest BCUT2D eigenvalue weighted by atomic mass is 16.6. The second-order valence-corrected chi connectivity index (χ2v) is 4.72.